The number of nitrogens with one attached hydrogen (secondary N) is 1. The molecule has 0 unspecified atom stereocenters. The highest BCUT2D eigenvalue weighted by Gasteiger charge is 2.15. The first kappa shape index (κ1) is 15.1. The topological polar surface area (TPSA) is 42.0 Å². The van der Waals surface area contributed by atoms with Crippen LogP contribution in [0.3, 0.4) is 0 Å². The van der Waals surface area contributed by atoms with Gasteiger partial charge < -0.3 is 5.32 Å². The lowest BCUT2D eigenvalue weighted by Crippen LogP contribution is -2.24. The summed E-state index contributed by atoms with van der Waals surface area (Å²) in [5.41, 5.74) is 1.75. The van der Waals surface area contributed by atoms with Crippen LogP contribution >= 0.6 is 0 Å². The van der Waals surface area contributed by atoms with Crippen LogP contribution < -0.4 is 5.32 Å². The minimum Gasteiger partial charge on any atom is -0.348 e. The fourth-order valence-electron chi connectivity index (χ4n) is 1.89. The van der Waals surface area contributed by atoms with Crippen molar-refractivity contribution < 1.29 is 13.6 Å². The van der Waals surface area contributed by atoms with Gasteiger partial charge in [-0.3, -0.25) is 4.79 Å². The Balaban J connectivity index is 2.02. The highest BCUT2D eigenvalue weighted by molar-refractivity contribution is 5.94. The third-order valence-electron chi connectivity index (χ3n) is 3.19. The minimum absolute atomic E-state index is 0.251. The molecule has 1 amide bonds. The molecule has 0 bridgehead atoms. The van der Waals surface area contributed by atoms with Crippen molar-refractivity contribution in [3.8, 4) is 0 Å². The Hall–Kier alpha value is -2.30. The zero-order valence-electron chi connectivity index (χ0n) is 11.9. The third kappa shape index (κ3) is 3.62. The second-order valence-corrected chi connectivity index (χ2v) is 5.04. The molecule has 2 rings (SSSR count). The van der Waals surface area contributed by atoms with E-state index >= 15 is 0 Å². The van der Waals surface area contributed by atoms with Crippen LogP contribution in [0.25, 0.3) is 0 Å². The maximum Gasteiger partial charge on any atom is 0.254 e. The van der Waals surface area contributed by atoms with Crippen molar-refractivity contribution in [1.29, 1.82) is 0 Å². The predicted octanol–water partition coefficient (Wildman–Crippen LogP) is 3.41. The maximum atomic E-state index is 13.4. The van der Waals surface area contributed by atoms with Crippen LogP contribution in [0.5, 0.6) is 0 Å². The summed E-state index contributed by atoms with van der Waals surface area (Å²) >= 11 is 0. The van der Waals surface area contributed by atoms with Gasteiger partial charge in [0.25, 0.3) is 5.91 Å². The number of hydrogen-bond donors (Lipinski definition) is 1. The molecule has 0 spiro atoms. The molecule has 1 aromatic carbocycles. The molecule has 1 heterocycles. The second-order valence-electron chi connectivity index (χ2n) is 5.04. The number of carbonyl (C=O) groups excluding carboxylic acids is 1. The van der Waals surface area contributed by atoms with Crippen LogP contribution in [-0.4, -0.2) is 10.9 Å². The zero-order valence-corrected chi connectivity index (χ0v) is 11.9. The molecule has 3 nitrogen and oxygen atoms in total. The molecule has 0 radical (unpaired) electrons. The number of halogens is 2. The summed E-state index contributed by atoms with van der Waals surface area (Å²) < 4.78 is 26.4. The molecule has 1 aromatic heterocycles. The molecule has 0 saturated carbocycles. The van der Waals surface area contributed by atoms with E-state index in [1.165, 1.54) is 5.56 Å². The summed E-state index contributed by atoms with van der Waals surface area (Å²) in [4.78, 5) is 15.0. The average molecular weight is 290 g/mol. The van der Waals surface area contributed by atoms with E-state index in [0.717, 1.165) is 17.8 Å². The van der Waals surface area contributed by atoms with Gasteiger partial charge in [-0.2, -0.15) is 4.39 Å². The lowest BCUT2D eigenvalue weighted by molar-refractivity contribution is 0.0945. The van der Waals surface area contributed by atoms with Crippen molar-refractivity contribution in [2.75, 3.05) is 0 Å². The van der Waals surface area contributed by atoms with Gasteiger partial charge in [-0.25, -0.2) is 9.37 Å². The van der Waals surface area contributed by atoms with Crippen LogP contribution in [0.2, 0.25) is 0 Å². The molecular formula is C16H16F2N2O. The Morgan fingerprint density at radius 3 is 2.48 bits per heavy atom. The Bertz CT molecular complexity index is 639. The molecule has 1 N–H and O–H groups in total. The Labute approximate surface area is 122 Å². The van der Waals surface area contributed by atoms with E-state index in [-0.39, 0.29) is 12.1 Å². The molecule has 0 aliphatic rings. The van der Waals surface area contributed by atoms with Gasteiger partial charge in [0.05, 0.1) is 5.56 Å². The molecule has 0 atom stereocenters. The van der Waals surface area contributed by atoms with Gasteiger partial charge in [-0.15, -0.1) is 0 Å². The van der Waals surface area contributed by atoms with Crippen molar-refractivity contribution in [3.63, 3.8) is 0 Å². The summed E-state index contributed by atoms with van der Waals surface area (Å²) in [5.74, 6) is -2.74. The molecule has 2 aromatic rings. The van der Waals surface area contributed by atoms with Gasteiger partial charge in [0, 0.05) is 12.7 Å². The van der Waals surface area contributed by atoms with Gasteiger partial charge >= 0.3 is 0 Å². The Morgan fingerprint density at radius 1 is 1.19 bits per heavy atom. The van der Waals surface area contributed by atoms with Crippen LogP contribution in [0.4, 0.5) is 8.78 Å². The normalized spacial score (nSPS) is 10.7. The van der Waals surface area contributed by atoms with E-state index in [1.54, 1.807) is 0 Å². The minimum atomic E-state index is -1.27. The van der Waals surface area contributed by atoms with Crippen LogP contribution in [0.1, 0.15) is 41.3 Å². The van der Waals surface area contributed by atoms with Crippen LogP contribution in [0, 0.1) is 11.8 Å². The fourth-order valence-corrected chi connectivity index (χ4v) is 1.89. The van der Waals surface area contributed by atoms with E-state index < -0.39 is 17.7 Å². The largest absolute Gasteiger partial charge is 0.348 e. The van der Waals surface area contributed by atoms with Gasteiger partial charge in [0.1, 0.15) is 0 Å². The number of amides is 1. The lowest BCUT2D eigenvalue weighted by Gasteiger charge is -2.08. The number of aromatic nitrogens is 1. The molecule has 110 valence electrons. The van der Waals surface area contributed by atoms with Gasteiger partial charge in [-0.05, 0) is 23.1 Å². The SMILES string of the molecule is CC(C)c1ccc(CNC(=O)c2ccnc(F)c2F)cc1. The maximum absolute atomic E-state index is 13.4. The summed E-state index contributed by atoms with van der Waals surface area (Å²) in [5, 5.41) is 2.56. The standard InChI is InChI=1S/C16H16F2N2O/c1-10(2)12-5-3-11(4-6-12)9-20-16(21)13-7-8-19-15(18)14(13)17/h3-8,10H,9H2,1-2H3,(H,20,21). The smallest absolute Gasteiger partial charge is 0.254 e. The molecular weight excluding hydrogens is 274 g/mol. The molecule has 0 aliphatic carbocycles. The van der Waals surface area contributed by atoms with E-state index in [4.69, 9.17) is 0 Å². The molecule has 21 heavy (non-hydrogen) atoms. The van der Waals surface area contributed by atoms with Crippen molar-refractivity contribution in [3.05, 3.63) is 65.0 Å². The monoisotopic (exact) mass is 290 g/mol. The third-order valence-corrected chi connectivity index (χ3v) is 3.19. The average Bonchev–Trinajstić information content (AvgIpc) is 2.48. The lowest BCUT2D eigenvalue weighted by atomic mass is 10.0. The number of carbonyl (C=O) groups is 1. The Kier molecular flexibility index (Phi) is 4.62. The van der Waals surface area contributed by atoms with E-state index in [0.29, 0.717) is 5.92 Å². The first-order valence-corrected chi connectivity index (χ1v) is 6.66. The number of hydrogen-bond acceptors (Lipinski definition) is 2. The first-order valence-electron chi connectivity index (χ1n) is 6.66. The summed E-state index contributed by atoms with van der Waals surface area (Å²) in [6, 6.07) is 8.92. The predicted molar refractivity (Wildman–Crippen MR) is 75.9 cm³/mol. The van der Waals surface area contributed by atoms with E-state index in [1.807, 2.05) is 24.3 Å². The highest BCUT2D eigenvalue weighted by Crippen LogP contribution is 2.15. The van der Waals surface area contributed by atoms with Crippen molar-refractivity contribution in [2.45, 2.75) is 26.3 Å². The van der Waals surface area contributed by atoms with Gasteiger partial charge in [0.15, 0.2) is 5.82 Å². The number of pyridine rings is 1. The van der Waals surface area contributed by atoms with Gasteiger partial charge in [0.2, 0.25) is 5.95 Å². The molecule has 0 saturated heterocycles. The number of benzene rings is 1. The summed E-state index contributed by atoms with van der Waals surface area (Å²) in [6.07, 6.45) is 1.06. The summed E-state index contributed by atoms with van der Waals surface area (Å²) in [6.45, 7) is 4.44. The first-order chi connectivity index (χ1) is 9.99. The Morgan fingerprint density at radius 2 is 1.86 bits per heavy atom. The van der Waals surface area contributed by atoms with Gasteiger partial charge in [-0.1, -0.05) is 38.1 Å². The quantitative estimate of drug-likeness (QED) is 0.877. The molecule has 5 heteroatoms. The van der Waals surface area contributed by atoms with Crippen molar-refractivity contribution in [1.82, 2.24) is 10.3 Å². The second kappa shape index (κ2) is 6.43. The van der Waals surface area contributed by atoms with Crippen molar-refractivity contribution >= 4 is 5.91 Å². The van der Waals surface area contributed by atoms with E-state index in [9.17, 15) is 13.6 Å². The number of nitrogens with zero attached hydrogens (tertiary/aromatic N) is 1. The summed E-state index contributed by atoms with van der Waals surface area (Å²) in [7, 11) is 0. The molecule has 0 aliphatic heterocycles. The highest BCUT2D eigenvalue weighted by atomic mass is 19.2. The van der Waals surface area contributed by atoms with Crippen LogP contribution in [-0.2, 0) is 6.54 Å². The van der Waals surface area contributed by atoms with E-state index in [2.05, 4.69) is 24.1 Å². The number of rotatable bonds is 4. The molecule has 0 fully saturated rings. The van der Waals surface area contributed by atoms with Crippen LogP contribution in [0.15, 0.2) is 36.5 Å². The zero-order chi connectivity index (χ0) is 15.4. The fraction of sp³-hybridized carbons (Fsp3) is 0.250. The van der Waals surface area contributed by atoms with Crippen molar-refractivity contribution in [2.24, 2.45) is 0 Å².